The Balaban J connectivity index is 2.49. The maximum atomic E-state index is 12.1. The van der Waals surface area contributed by atoms with E-state index >= 15 is 0 Å². The van der Waals surface area contributed by atoms with E-state index in [0.29, 0.717) is 13.2 Å². The van der Waals surface area contributed by atoms with Gasteiger partial charge in [-0.1, -0.05) is 39.0 Å². The molecule has 4 nitrogen and oxygen atoms in total. The van der Waals surface area contributed by atoms with E-state index in [-0.39, 0.29) is 11.3 Å². The van der Waals surface area contributed by atoms with Gasteiger partial charge in [-0.3, -0.25) is 4.79 Å². The number of para-hydroxylation sites is 1. The van der Waals surface area contributed by atoms with Crippen molar-refractivity contribution >= 4 is 11.6 Å². The number of carbonyl (C=O) groups is 1. The predicted molar refractivity (Wildman–Crippen MR) is 82.4 cm³/mol. The first kappa shape index (κ1) is 16.7. The lowest BCUT2D eigenvalue weighted by Crippen LogP contribution is -2.29. The van der Waals surface area contributed by atoms with Crippen LogP contribution in [-0.4, -0.2) is 18.6 Å². The molecule has 0 heterocycles. The number of nitrogens with one attached hydrogen (secondary N) is 1. The van der Waals surface area contributed by atoms with Crippen molar-refractivity contribution in [2.24, 2.45) is 11.1 Å². The summed E-state index contributed by atoms with van der Waals surface area (Å²) in [5.41, 5.74) is 7.53. The fourth-order valence-corrected chi connectivity index (χ4v) is 1.67. The number of hydrogen-bond donors (Lipinski definition) is 2. The van der Waals surface area contributed by atoms with Crippen molar-refractivity contribution in [1.29, 1.82) is 0 Å². The Labute approximate surface area is 121 Å². The summed E-state index contributed by atoms with van der Waals surface area (Å²) in [5.74, 6) is -0.139. The van der Waals surface area contributed by atoms with Gasteiger partial charge in [-0.2, -0.15) is 0 Å². The summed E-state index contributed by atoms with van der Waals surface area (Å²) in [6, 6.07) is 7.53. The summed E-state index contributed by atoms with van der Waals surface area (Å²) >= 11 is 0. The van der Waals surface area contributed by atoms with Crippen LogP contribution < -0.4 is 11.1 Å². The van der Waals surface area contributed by atoms with Crippen molar-refractivity contribution in [3.8, 4) is 0 Å². The van der Waals surface area contributed by atoms with Crippen LogP contribution in [0, 0.1) is 5.41 Å². The highest BCUT2D eigenvalue weighted by Gasteiger charge is 2.16. The molecule has 0 spiro atoms. The lowest BCUT2D eigenvalue weighted by molar-refractivity contribution is -0.126. The topological polar surface area (TPSA) is 64.3 Å². The maximum Gasteiger partial charge on any atom is 0.253 e. The zero-order valence-electron chi connectivity index (χ0n) is 12.9. The highest BCUT2D eigenvalue weighted by Crippen LogP contribution is 2.19. The molecule has 0 radical (unpaired) electrons. The van der Waals surface area contributed by atoms with Gasteiger partial charge in [0.25, 0.3) is 5.91 Å². The molecule has 1 aromatic carbocycles. The summed E-state index contributed by atoms with van der Waals surface area (Å²) in [5, 5.41) is 2.86. The number of benzene rings is 1. The number of ether oxygens (including phenoxy) is 1. The molecule has 4 heteroatoms. The maximum absolute atomic E-state index is 12.1. The predicted octanol–water partition coefficient (Wildman–Crippen LogP) is 2.93. The number of nitrogens with two attached hydrogens (primary N) is 1. The van der Waals surface area contributed by atoms with Gasteiger partial charge >= 0.3 is 0 Å². The SMILES string of the molecule is CC(OCCC(C)(C)C)C(=O)Nc1ccccc1CN. The Morgan fingerprint density at radius 1 is 1.35 bits per heavy atom. The number of carbonyl (C=O) groups excluding carboxylic acids is 1. The van der Waals surface area contributed by atoms with Crippen LogP contribution in [0.3, 0.4) is 0 Å². The Morgan fingerprint density at radius 2 is 2.00 bits per heavy atom. The Morgan fingerprint density at radius 3 is 2.60 bits per heavy atom. The highest BCUT2D eigenvalue weighted by atomic mass is 16.5. The molecule has 0 fully saturated rings. The van der Waals surface area contributed by atoms with Crippen LogP contribution in [0.1, 0.15) is 39.7 Å². The van der Waals surface area contributed by atoms with Gasteiger partial charge in [0.15, 0.2) is 0 Å². The molecule has 1 unspecified atom stereocenters. The number of hydrogen-bond acceptors (Lipinski definition) is 3. The molecule has 0 aliphatic heterocycles. The minimum Gasteiger partial charge on any atom is -0.369 e. The van der Waals surface area contributed by atoms with Crippen LogP contribution in [0.25, 0.3) is 0 Å². The molecule has 112 valence electrons. The first-order chi connectivity index (χ1) is 9.33. The summed E-state index contributed by atoms with van der Waals surface area (Å²) in [4.78, 5) is 12.1. The van der Waals surface area contributed by atoms with Crippen LogP contribution in [0.4, 0.5) is 5.69 Å². The molecule has 0 saturated carbocycles. The molecule has 1 amide bonds. The molecular weight excluding hydrogens is 252 g/mol. The van der Waals surface area contributed by atoms with Crippen molar-refractivity contribution in [2.45, 2.75) is 46.8 Å². The molecule has 1 rings (SSSR count). The minimum atomic E-state index is -0.469. The fraction of sp³-hybridized carbons (Fsp3) is 0.562. The molecule has 20 heavy (non-hydrogen) atoms. The van der Waals surface area contributed by atoms with Gasteiger partial charge in [-0.25, -0.2) is 0 Å². The summed E-state index contributed by atoms with van der Waals surface area (Å²) in [7, 11) is 0. The summed E-state index contributed by atoms with van der Waals surface area (Å²) in [6.07, 6.45) is 0.451. The number of anilines is 1. The van der Waals surface area contributed by atoms with Crippen molar-refractivity contribution in [3.63, 3.8) is 0 Å². The molecule has 0 aliphatic carbocycles. The van der Waals surface area contributed by atoms with Crippen molar-refractivity contribution in [1.82, 2.24) is 0 Å². The van der Waals surface area contributed by atoms with E-state index in [2.05, 4.69) is 26.1 Å². The van der Waals surface area contributed by atoms with Crippen LogP contribution in [0.2, 0.25) is 0 Å². The third-order valence-corrected chi connectivity index (χ3v) is 3.08. The zero-order valence-corrected chi connectivity index (χ0v) is 12.9. The van der Waals surface area contributed by atoms with E-state index in [1.54, 1.807) is 6.92 Å². The molecule has 1 atom stereocenters. The molecule has 1 aromatic rings. The molecule has 3 N–H and O–H groups in total. The Bertz CT molecular complexity index is 438. The second-order valence-corrected chi connectivity index (χ2v) is 6.17. The van der Waals surface area contributed by atoms with E-state index in [1.807, 2.05) is 24.3 Å². The number of amides is 1. The van der Waals surface area contributed by atoms with E-state index in [4.69, 9.17) is 10.5 Å². The number of rotatable bonds is 6. The zero-order chi connectivity index (χ0) is 15.2. The third kappa shape index (κ3) is 5.72. The van der Waals surface area contributed by atoms with E-state index in [1.165, 1.54) is 0 Å². The van der Waals surface area contributed by atoms with Gasteiger partial charge in [0.05, 0.1) is 0 Å². The largest absolute Gasteiger partial charge is 0.369 e. The molecule has 0 aliphatic rings. The monoisotopic (exact) mass is 278 g/mol. The van der Waals surface area contributed by atoms with Gasteiger partial charge in [0.1, 0.15) is 6.10 Å². The van der Waals surface area contributed by atoms with Gasteiger partial charge in [0.2, 0.25) is 0 Å². The third-order valence-electron chi connectivity index (χ3n) is 3.08. The quantitative estimate of drug-likeness (QED) is 0.841. The summed E-state index contributed by atoms with van der Waals surface area (Å²) < 4.78 is 5.58. The smallest absolute Gasteiger partial charge is 0.253 e. The average molecular weight is 278 g/mol. The fourth-order valence-electron chi connectivity index (χ4n) is 1.67. The van der Waals surface area contributed by atoms with Crippen LogP contribution in [0.5, 0.6) is 0 Å². The standard InChI is InChI=1S/C16H26N2O2/c1-12(20-10-9-16(2,3)4)15(19)18-14-8-6-5-7-13(14)11-17/h5-8,12H,9-11,17H2,1-4H3,(H,18,19). The molecule has 0 saturated heterocycles. The molecule has 0 aromatic heterocycles. The minimum absolute atomic E-state index is 0.139. The van der Waals surface area contributed by atoms with Gasteiger partial charge in [-0.15, -0.1) is 0 Å². The Hall–Kier alpha value is -1.39. The van der Waals surface area contributed by atoms with Crippen molar-refractivity contribution in [2.75, 3.05) is 11.9 Å². The highest BCUT2D eigenvalue weighted by molar-refractivity contribution is 5.94. The summed E-state index contributed by atoms with van der Waals surface area (Å²) in [6.45, 7) is 9.20. The van der Waals surface area contributed by atoms with Crippen LogP contribution in [0.15, 0.2) is 24.3 Å². The lowest BCUT2D eigenvalue weighted by Gasteiger charge is -2.20. The van der Waals surface area contributed by atoms with Crippen molar-refractivity contribution < 1.29 is 9.53 Å². The lowest BCUT2D eigenvalue weighted by atomic mass is 9.93. The van der Waals surface area contributed by atoms with Gasteiger partial charge < -0.3 is 15.8 Å². The molecular formula is C16H26N2O2. The van der Waals surface area contributed by atoms with E-state index in [0.717, 1.165) is 17.7 Å². The van der Waals surface area contributed by atoms with Crippen molar-refractivity contribution in [3.05, 3.63) is 29.8 Å². The van der Waals surface area contributed by atoms with Gasteiger partial charge in [0, 0.05) is 18.8 Å². The normalized spacial score (nSPS) is 13.1. The molecule has 0 bridgehead atoms. The van der Waals surface area contributed by atoms with Crippen LogP contribution >= 0.6 is 0 Å². The Kier molecular flexibility index (Phi) is 6.17. The second kappa shape index (κ2) is 7.41. The van der Waals surface area contributed by atoms with E-state index in [9.17, 15) is 4.79 Å². The first-order valence-electron chi connectivity index (χ1n) is 7.04. The van der Waals surface area contributed by atoms with Gasteiger partial charge in [-0.05, 0) is 30.4 Å². The van der Waals surface area contributed by atoms with E-state index < -0.39 is 6.10 Å². The second-order valence-electron chi connectivity index (χ2n) is 6.17. The van der Waals surface area contributed by atoms with Crippen LogP contribution in [-0.2, 0) is 16.1 Å². The average Bonchev–Trinajstić information content (AvgIpc) is 2.37. The first-order valence-corrected chi connectivity index (χ1v) is 7.04.